The second kappa shape index (κ2) is 4.28. The Kier molecular flexibility index (Phi) is 3.23. The Morgan fingerprint density at radius 2 is 2.00 bits per heavy atom. The molecule has 1 saturated heterocycles. The Hall–Kier alpha value is 0.0500. The fourth-order valence-corrected chi connectivity index (χ4v) is 2.57. The van der Waals surface area contributed by atoms with Crippen molar-refractivity contribution in [2.24, 2.45) is 0 Å². The number of rotatable bonds is 1. The molecule has 1 aliphatic heterocycles. The lowest BCUT2D eigenvalue weighted by Crippen LogP contribution is -2.08. The van der Waals surface area contributed by atoms with Gasteiger partial charge in [-0.05, 0) is 36.6 Å². The molecule has 0 amide bonds. The Labute approximate surface area is 98.3 Å². The highest BCUT2D eigenvalue weighted by Crippen LogP contribution is 2.36. The Bertz CT molecular complexity index is 345. The maximum Gasteiger partial charge on any atom is 0.0628 e. The van der Waals surface area contributed by atoms with E-state index in [-0.39, 0.29) is 0 Å². The van der Waals surface area contributed by atoms with E-state index in [1.807, 2.05) is 6.07 Å². The molecule has 1 aromatic carbocycles. The lowest BCUT2D eigenvalue weighted by atomic mass is 9.98. The molecule has 76 valence electrons. The van der Waals surface area contributed by atoms with Gasteiger partial charge in [-0.3, -0.25) is 0 Å². The summed E-state index contributed by atoms with van der Waals surface area (Å²) in [6.07, 6.45) is 1.09. The standard InChI is InChI=1S/C10H10Cl3N/c11-7-3-8(6-1-2-14-5-6)10(13)9(12)4-7/h3-4,6,14H,1-2,5H2. The van der Waals surface area contributed by atoms with E-state index in [9.17, 15) is 0 Å². The van der Waals surface area contributed by atoms with Gasteiger partial charge in [0.05, 0.1) is 10.0 Å². The Morgan fingerprint density at radius 3 is 2.64 bits per heavy atom. The first-order valence-corrected chi connectivity index (χ1v) is 5.67. The van der Waals surface area contributed by atoms with Crippen molar-refractivity contribution in [2.45, 2.75) is 12.3 Å². The highest BCUT2D eigenvalue weighted by molar-refractivity contribution is 6.43. The molecule has 1 unspecified atom stereocenters. The number of nitrogens with one attached hydrogen (secondary N) is 1. The van der Waals surface area contributed by atoms with Gasteiger partial charge in [-0.25, -0.2) is 0 Å². The van der Waals surface area contributed by atoms with Crippen molar-refractivity contribution < 1.29 is 0 Å². The summed E-state index contributed by atoms with van der Waals surface area (Å²) in [6.45, 7) is 1.99. The van der Waals surface area contributed by atoms with Crippen LogP contribution in [-0.2, 0) is 0 Å². The molecule has 1 aliphatic rings. The lowest BCUT2D eigenvalue weighted by molar-refractivity contribution is 0.764. The quantitative estimate of drug-likeness (QED) is 0.749. The zero-order valence-electron chi connectivity index (χ0n) is 7.49. The van der Waals surface area contributed by atoms with Crippen LogP contribution < -0.4 is 5.32 Å². The predicted octanol–water partition coefficient (Wildman–Crippen LogP) is 3.72. The van der Waals surface area contributed by atoms with Crippen molar-refractivity contribution in [3.8, 4) is 0 Å². The van der Waals surface area contributed by atoms with Crippen LogP contribution in [0.2, 0.25) is 15.1 Å². The zero-order chi connectivity index (χ0) is 10.1. The molecule has 1 atom stereocenters. The van der Waals surface area contributed by atoms with Gasteiger partial charge in [0.2, 0.25) is 0 Å². The first-order valence-electron chi connectivity index (χ1n) is 4.53. The minimum Gasteiger partial charge on any atom is -0.316 e. The van der Waals surface area contributed by atoms with Gasteiger partial charge in [-0.1, -0.05) is 34.8 Å². The van der Waals surface area contributed by atoms with Crippen LogP contribution in [0.25, 0.3) is 0 Å². The summed E-state index contributed by atoms with van der Waals surface area (Å²) in [6, 6.07) is 3.59. The van der Waals surface area contributed by atoms with Gasteiger partial charge < -0.3 is 5.32 Å². The van der Waals surface area contributed by atoms with Crippen molar-refractivity contribution in [3.63, 3.8) is 0 Å². The number of hydrogen-bond donors (Lipinski definition) is 1. The van der Waals surface area contributed by atoms with Crippen molar-refractivity contribution in [1.82, 2.24) is 5.32 Å². The number of hydrogen-bond acceptors (Lipinski definition) is 1. The largest absolute Gasteiger partial charge is 0.316 e. The van der Waals surface area contributed by atoms with E-state index in [4.69, 9.17) is 34.8 Å². The van der Waals surface area contributed by atoms with E-state index in [2.05, 4.69) is 5.32 Å². The molecular formula is C10H10Cl3N. The van der Waals surface area contributed by atoms with E-state index in [1.54, 1.807) is 6.07 Å². The summed E-state index contributed by atoms with van der Waals surface area (Å²) in [5.74, 6) is 0.443. The van der Waals surface area contributed by atoms with Crippen LogP contribution in [0.5, 0.6) is 0 Å². The number of benzene rings is 1. The van der Waals surface area contributed by atoms with Crippen molar-refractivity contribution >= 4 is 34.8 Å². The molecule has 0 radical (unpaired) electrons. The molecule has 0 bridgehead atoms. The first-order chi connectivity index (χ1) is 6.68. The van der Waals surface area contributed by atoms with E-state index < -0.39 is 0 Å². The molecule has 1 aromatic rings. The van der Waals surface area contributed by atoms with Crippen LogP contribution in [0, 0.1) is 0 Å². The Balaban J connectivity index is 2.40. The van der Waals surface area contributed by atoms with Crippen molar-refractivity contribution in [3.05, 3.63) is 32.8 Å². The second-order valence-electron chi connectivity index (χ2n) is 3.48. The SMILES string of the molecule is Clc1cc(Cl)c(Cl)c(C2CCNC2)c1. The van der Waals surface area contributed by atoms with Crippen LogP contribution in [0.15, 0.2) is 12.1 Å². The fraction of sp³-hybridized carbons (Fsp3) is 0.400. The van der Waals surface area contributed by atoms with Gasteiger partial charge in [-0.15, -0.1) is 0 Å². The highest BCUT2D eigenvalue weighted by Gasteiger charge is 2.20. The normalized spacial score (nSPS) is 21.5. The van der Waals surface area contributed by atoms with Crippen LogP contribution >= 0.6 is 34.8 Å². The molecule has 2 rings (SSSR count). The third kappa shape index (κ3) is 2.01. The molecule has 1 nitrogen and oxygen atoms in total. The van der Waals surface area contributed by atoms with Crippen LogP contribution in [-0.4, -0.2) is 13.1 Å². The van der Waals surface area contributed by atoms with E-state index >= 15 is 0 Å². The maximum absolute atomic E-state index is 6.13. The van der Waals surface area contributed by atoms with Gasteiger partial charge >= 0.3 is 0 Å². The summed E-state index contributed by atoms with van der Waals surface area (Å²) in [4.78, 5) is 0. The first kappa shape index (κ1) is 10.6. The predicted molar refractivity (Wildman–Crippen MR) is 61.7 cm³/mol. The molecule has 0 spiro atoms. The van der Waals surface area contributed by atoms with Gasteiger partial charge in [0.1, 0.15) is 0 Å². The third-order valence-corrected chi connectivity index (χ3v) is 3.56. The topological polar surface area (TPSA) is 12.0 Å². The monoisotopic (exact) mass is 249 g/mol. The van der Waals surface area contributed by atoms with Crippen molar-refractivity contribution in [2.75, 3.05) is 13.1 Å². The van der Waals surface area contributed by atoms with E-state index in [0.29, 0.717) is 21.0 Å². The lowest BCUT2D eigenvalue weighted by Gasteiger charge is -2.12. The summed E-state index contributed by atoms with van der Waals surface area (Å²) in [5.41, 5.74) is 1.06. The summed E-state index contributed by atoms with van der Waals surface area (Å²) >= 11 is 18.0. The summed E-state index contributed by atoms with van der Waals surface area (Å²) in [5, 5.41) is 5.13. The average molecular weight is 251 g/mol. The summed E-state index contributed by atoms with van der Waals surface area (Å²) in [7, 11) is 0. The molecule has 14 heavy (non-hydrogen) atoms. The molecule has 0 aromatic heterocycles. The number of halogens is 3. The second-order valence-corrected chi connectivity index (χ2v) is 4.70. The van der Waals surface area contributed by atoms with Crippen molar-refractivity contribution in [1.29, 1.82) is 0 Å². The van der Waals surface area contributed by atoms with Gasteiger partial charge in [-0.2, -0.15) is 0 Å². The summed E-state index contributed by atoms with van der Waals surface area (Å²) < 4.78 is 0. The van der Waals surface area contributed by atoms with Crippen LogP contribution in [0.4, 0.5) is 0 Å². The molecule has 0 saturated carbocycles. The molecule has 1 fully saturated rings. The molecule has 1 N–H and O–H groups in total. The molecule has 1 heterocycles. The van der Waals surface area contributed by atoms with Gasteiger partial charge in [0.25, 0.3) is 0 Å². The minimum absolute atomic E-state index is 0.443. The smallest absolute Gasteiger partial charge is 0.0628 e. The molecule has 0 aliphatic carbocycles. The highest BCUT2D eigenvalue weighted by atomic mass is 35.5. The van der Waals surface area contributed by atoms with E-state index in [1.165, 1.54) is 0 Å². The minimum atomic E-state index is 0.443. The van der Waals surface area contributed by atoms with Crippen LogP contribution in [0.1, 0.15) is 17.9 Å². The van der Waals surface area contributed by atoms with Gasteiger partial charge in [0, 0.05) is 11.6 Å². The van der Waals surface area contributed by atoms with E-state index in [0.717, 1.165) is 25.1 Å². The fourth-order valence-electron chi connectivity index (χ4n) is 1.79. The average Bonchev–Trinajstić information content (AvgIpc) is 2.63. The molecule has 4 heteroatoms. The van der Waals surface area contributed by atoms with Gasteiger partial charge in [0.15, 0.2) is 0 Å². The third-order valence-electron chi connectivity index (χ3n) is 2.52. The van der Waals surface area contributed by atoms with Crippen LogP contribution in [0.3, 0.4) is 0 Å². The maximum atomic E-state index is 6.13. The Morgan fingerprint density at radius 1 is 1.21 bits per heavy atom. The zero-order valence-corrected chi connectivity index (χ0v) is 9.76. The molecular weight excluding hydrogens is 240 g/mol.